The number of aromatic nitrogens is 3. The highest BCUT2D eigenvalue weighted by Crippen LogP contribution is 2.10. The van der Waals surface area contributed by atoms with Crippen LogP contribution in [0.2, 0.25) is 5.02 Å². The van der Waals surface area contributed by atoms with Crippen molar-refractivity contribution in [2.45, 2.75) is 20.0 Å². The van der Waals surface area contributed by atoms with Crippen molar-refractivity contribution in [3.63, 3.8) is 0 Å². The second kappa shape index (κ2) is 6.47. The monoisotopic (exact) mass is 349 g/mol. The molecule has 0 aliphatic rings. The first kappa shape index (κ1) is 15.6. The molecule has 0 unspecified atom stereocenters. The summed E-state index contributed by atoms with van der Waals surface area (Å²) < 4.78 is 6.50. The molecule has 0 radical (unpaired) electrons. The standard InChI is InChI=1S/C15H12ClN3O3S/c1-9-17-12(8-23-9)5-15(21)22-7-11-4-14(20)19-6-10(16)2-3-13(19)18-11/h2-4,6,8H,5,7H2,1H3. The summed E-state index contributed by atoms with van der Waals surface area (Å²) in [4.78, 5) is 32.3. The van der Waals surface area contributed by atoms with Gasteiger partial charge in [-0.1, -0.05) is 11.6 Å². The van der Waals surface area contributed by atoms with E-state index in [0.29, 0.717) is 22.1 Å². The van der Waals surface area contributed by atoms with Crippen LogP contribution in [0.15, 0.2) is 34.6 Å². The maximum absolute atomic E-state index is 12.0. The number of carbonyl (C=O) groups is 1. The van der Waals surface area contributed by atoms with Crippen LogP contribution in [-0.2, 0) is 22.6 Å². The zero-order valence-electron chi connectivity index (χ0n) is 12.2. The number of rotatable bonds is 4. The molecule has 118 valence electrons. The molecule has 0 aliphatic carbocycles. The van der Waals surface area contributed by atoms with E-state index in [1.165, 1.54) is 28.0 Å². The van der Waals surface area contributed by atoms with Gasteiger partial charge in [-0.3, -0.25) is 14.0 Å². The minimum Gasteiger partial charge on any atom is -0.459 e. The van der Waals surface area contributed by atoms with E-state index in [-0.39, 0.29) is 18.6 Å². The van der Waals surface area contributed by atoms with Crippen LogP contribution < -0.4 is 5.56 Å². The summed E-state index contributed by atoms with van der Waals surface area (Å²) >= 11 is 7.33. The highest BCUT2D eigenvalue weighted by molar-refractivity contribution is 7.09. The summed E-state index contributed by atoms with van der Waals surface area (Å²) in [5.74, 6) is -0.409. The fourth-order valence-corrected chi connectivity index (χ4v) is 2.82. The molecule has 0 N–H and O–H groups in total. The van der Waals surface area contributed by atoms with Crippen LogP contribution in [0.3, 0.4) is 0 Å². The molecule has 0 amide bonds. The molecule has 0 spiro atoms. The summed E-state index contributed by atoms with van der Waals surface area (Å²) in [6, 6.07) is 4.60. The first-order chi connectivity index (χ1) is 11.0. The number of hydrogen-bond acceptors (Lipinski definition) is 6. The van der Waals surface area contributed by atoms with E-state index in [1.54, 1.807) is 12.1 Å². The molecule has 8 heteroatoms. The zero-order valence-corrected chi connectivity index (χ0v) is 13.7. The van der Waals surface area contributed by atoms with Gasteiger partial charge in [-0.2, -0.15) is 0 Å². The number of ether oxygens (including phenoxy) is 1. The Morgan fingerprint density at radius 3 is 2.91 bits per heavy atom. The fraction of sp³-hybridized carbons (Fsp3) is 0.200. The Bertz CT molecular complexity index is 935. The second-order valence-electron chi connectivity index (χ2n) is 4.86. The van der Waals surface area contributed by atoms with Gasteiger partial charge in [-0.15, -0.1) is 11.3 Å². The Balaban J connectivity index is 1.70. The summed E-state index contributed by atoms with van der Waals surface area (Å²) in [7, 11) is 0. The molecule has 0 fully saturated rings. The average molecular weight is 350 g/mol. The topological polar surface area (TPSA) is 73.6 Å². The average Bonchev–Trinajstić information content (AvgIpc) is 2.91. The first-order valence-corrected chi connectivity index (χ1v) is 8.01. The van der Waals surface area contributed by atoms with Gasteiger partial charge in [0, 0.05) is 17.6 Å². The lowest BCUT2D eigenvalue weighted by Crippen LogP contribution is -2.17. The van der Waals surface area contributed by atoms with Gasteiger partial charge in [0.1, 0.15) is 12.3 Å². The van der Waals surface area contributed by atoms with Gasteiger partial charge in [0.25, 0.3) is 5.56 Å². The van der Waals surface area contributed by atoms with E-state index in [4.69, 9.17) is 16.3 Å². The molecule has 3 rings (SSSR count). The van der Waals surface area contributed by atoms with Crippen molar-refractivity contribution in [2.24, 2.45) is 0 Å². The molecule has 3 heterocycles. The summed E-state index contributed by atoms with van der Waals surface area (Å²) in [5.41, 5.74) is 1.24. The molecule has 0 bridgehead atoms. The minimum absolute atomic E-state index is 0.0592. The van der Waals surface area contributed by atoms with E-state index in [0.717, 1.165) is 5.01 Å². The first-order valence-electron chi connectivity index (χ1n) is 6.76. The Labute approximate surface area is 140 Å². The van der Waals surface area contributed by atoms with Gasteiger partial charge in [0.05, 0.1) is 27.8 Å². The molecule has 0 atom stereocenters. The van der Waals surface area contributed by atoms with Crippen LogP contribution in [0.25, 0.3) is 5.65 Å². The van der Waals surface area contributed by atoms with Crippen molar-refractivity contribution in [2.75, 3.05) is 0 Å². The number of halogens is 1. The van der Waals surface area contributed by atoms with Crippen LogP contribution in [0.1, 0.15) is 16.4 Å². The lowest BCUT2D eigenvalue weighted by Gasteiger charge is -2.05. The molecule has 3 aromatic heterocycles. The van der Waals surface area contributed by atoms with E-state index >= 15 is 0 Å². The normalized spacial score (nSPS) is 10.9. The fourth-order valence-electron chi connectivity index (χ4n) is 2.04. The maximum atomic E-state index is 12.0. The molecule has 0 aromatic carbocycles. The number of thiazole rings is 1. The molecular formula is C15H12ClN3O3S. The van der Waals surface area contributed by atoms with Crippen molar-refractivity contribution in [3.8, 4) is 0 Å². The van der Waals surface area contributed by atoms with Gasteiger partial charge in [0.15, 0.2) is 0 Å². The second-order valence-corrected chi connectivity index (χ2v) is 6.36. The quantitative estimate of drug-likeness (QED) is 0.676. The minimum atomic E-state index is -0.409. The number of pyridine rings is 1. The van der Waals surface area contributed by atoms with E-state index in [1.807, 2.05) is 12.3 Å². The summed E-state index contributed by atoms with van der Waals surface area (Å²) in [6.45, 7) is 1.81. The molecule has 6 nitrogen and oxygen atoms in total. The molecule has 3 aromatic rings. The van der Waals surface area contributed by atoms with E-state index in [9.17, 15) is 9.59 Å². The molecule has 0 saturated carbocycles. The Hall–Kier alpha value is -2.25. The largest absolute Gasteiger partial charge is 0.459 e. The van der Waals surface area contributed by atoms with Gasteiger partial charge in [-0.05, 0) is 19.1 Å². The van der Waals surface area contributed by atoms with Gasteiger partial charge in [0.2, 0.25) is 0 Å². The lowest BCUT2D eigenvalue weighted by atomic mass is 10.3. The Morgan fingerprint density at radius 1 is 1.35 bits per heavy atom. The van der Waals surface area contributed by atoms with E-state index in [2.05, 4.69) is 9.97 Å². The summed E-state index contributed by atoms with van der Waals surface area (Å²) in [6.07, 6.45) is 1.60. The molecule has 0 saturated heterocycles. The van der Waals surface area contributed by atoms with Crippen LogP contribution in [0.4, 0.5) is 0 Å². The number of aryl methyl sites for hydroxylation is 1. The van der Waals surface area contributed by atoms with Gasteiger partial charge in [-0.25, -0.2) is 9.97 Å². The van der Waals surface area contributed by atoms with Crippen LogP contribution >= 0.6 is 22.9 Å². The Morgan fingerprint density at radius 2 is 2.17 bits per heavy atom. The zero-order chi connectivity index (χ0) is 16.4. The highest BCUT2D eigenvalue weighted by atomic mass is 35.5. The third kappa shape index (κ3) is 3.75. The van der Waals surface area contributed by atoms with Crippen LogP contribution in [0, 0.1) is 6.92 Å². The van der Waals surface area contributed by atoms with Crippen molar-refractivity contribution in [3.05, 3.63) is 61.5 Å². The van der Waals surface area contributed by atoms with Crippen molar-refractivity contribution in [1.82, 2.24) is 14.4 Å². The molecule has 0 aliphatic heterocycles. The third-order valence-electron chi connectivity index (χ3n) is 3.05. The van der Waals surface area contributed by atoms with Crippen molar-refractivity contribution >= 4 is 34.6 Å². The van der Waals surface area contributed by atoms with E-state index < -0.39 is 5.97 Å². The predicted molar refractivity (Wildman–Crippen MR) is 86.8 cm³/mol. The van der Waals surface area contributed by atoms with Crippen molar-refractivity contribution in [1.29, 1.82) is 0 Å². The van der Waals surface area contributed by atoms with Crippen LogP contribution in [-0.4, -0.2) is 20.3 Å². The number of hydrogen-bond donors (Lipinski definition) is 0. The third-order valence-corrected chi connectivity index (χ3v) is 4.10. The number of fused-ring (bicyclic) bond motifs is 1. The number of carbonyl (C=O) groups excluding carboxylic acids is 1. The van der Waals surface area contributed by atoms with Crippen molar-refractivity contribution < 1.29 is 9.53 Å². The number of nitrogens with zero attached hydrogens (tertiary/aromatic N) is 3. The van der Waals surface area contributed by atoms with Gasteiger partial charge < -0.3 is 4.74 Å². The lowest BCUT2D eigenvalue weighted by molar-refractivity contribution is -0.144. The van der Waals surface area contributed by atoms with Gasteiger partial charge >= 0.3 is 5.97 Å². The Kier molecular flexibility index (Phi) is 4.40. The van der Waals surface area contributed by atoms with Crippen LogP contribution in [0.5, 0.6) is 0 Å². The highest BCUT2D eigenvalue weighted by Gasteiger charge is 2.10. The molecular weight excluding hydrogens is 338 g/mol. The molecule has 23 heavy (non-hydrogen) atoms. The summed E-state index contributed by atoms with van der Waals surface area (Å²) in [5, 5.41) is 3.16. The predicted octanol–water partition coefficient (Wildman–Crippen LogP) is 2.40. The maximum Gasteiger partial charge on any atom is 0.312 e. The number of esters is 1. The SMILES string of the molecule is Cc1nc(CC(=O)OCc2cc(=O)n3cc(Cl)ccc3n2)cs1. The smallest absolute Gasteiger partial charge is 0.312 e.